The minimum absolute atomic E-state index is 0.0777. The van der Waals surface area contributed by atoms with Crippen molar-refractivity contribution in [3.8, 4) is 0 Å². The van der Waals surface area contributed by atoms with Gasteiger partial charge in [0.05, 0.1) is 10.6 Å². The number of rotatable bonds is 4. The molecule has 4 nitrogen and oxygen atoms in total. The van der Waals surface area contributed by atoms with Crippen LogP contribution in [-0.2, 0) is 9.84 Å². The first-order valence-electron chi connectivity index (χ1n) is 4.43. The normalized spacial score (nSPS) is 13.1. The van der Waals surface area contributed by atoms with Gasteiger partial charge < -0.3 is 10.7 Å². The molecule has 0 aliphatic carbocycles. The maximum Gasteiger partial charge on any atom is 0.180 e. The molecule has 3 N–H and O–H groups in total. The van der Waals surface area contributed by atoms with E-state index in [2.05, 4.69) is 4.98 Å². The van der Waals surface area contributed by atoms with Gasteiger partial charge in [0.25, 0.3) is 0 Å². The number of sulfone groups is 1. The number of aromatic amines is 1. The zero-order valence-electron chi connectivity index (χ0n) is 8.45. The maximum absolute atomic E-state index is 11.8. The minimum Gasteiger partial charge on any atom is -0.366 e. The molecule has 0 aromatic carbocycles. The summed E-state index contributed by atoms with van der Waals surface area (Å²) in [6.45, 7) is 4.05. The number of aromatic nitrogens is 1. The molecule has 0 spiro atoms. The second-order valence-electron chi connectivity index (χ2n) is 4.17. The largest absolute Gasteiger partial charge is 0.366 e. The van der Waals surface area contributed by atoms with E-state index >= 15 is 0 Å². The van der Waals surface area contributed by atoms with Gasteiger partial charge in [0.2, 0.25) is 0 Å². The molecular weight excluding hydrogens is 200 g/mol. The Morgan fingerprint density at radius 1 is 1.50 bits per heavy atom. The first kappa shape index (κ1) is 11.3. The van der Waals surface area contributed by atoms with E-state index in [4.69, 9.17) is 5.73 Å². The number of nitrogens with two attached hydrogens (primary N) is 1. The molecule has 0 atom stereocenters. The van der Waals surface area contributed by atoms with Crippen molar-refractivity contribution in [2.24, 2.45) is 11.1 Å². The highest BCUT2D eigenvalue weighted by molar-refractivity contribution is 7.91. The van der Waals surface area contributed by atoms with E-state index in [0.717, 1.165) is 0 Å². The monoisotopic (exact) mass is 216 g/mol. The minimum atomic E-state index is -3.20. The predicted octanol–water partition coefficient (Wildman–Crippen LogP) is 0.773. The summed E-state index contributed by atoms with van der Waals surface area (Å²) in [5.74, 6) is 0.0777. The summed E-state index contributed by atoms with van der Waals surface area (Å²) in [5.41, 5.74) is 5.12. The molecule has 14 heavy (non-hydrogen) atoms. The average Bonchev–Trinajstić information content (AvgIpc) is 2.54. The van der Waals surface area contributed by atoms with Gasteiger partial charge in [-0.2, -0.15) is 0 Å². The second kappa shape index (κ2) is 3.74. The summed E-state index contributed by atoms with van der Waals surface area (Å²) in [6.07, 6.45) is 3.09. The van der Waals surface area contributed by atoms with Crippen molar-refractivity contribution in [2.75, 3.05) is 12.3 Å². The molecule has 5 heteroatoms. The zero-order valence-corrected chi connectivity index (χ0v) is 9.26. The van der Waals surface area contributed by atoms with Crippen LogP contribution in [0.4, 0.5) is 0 Å². The fourth-order valence-corrected chi connectivity index (χ4v) is 3.00. The number of hydrogen-bond donors (Lipinski definition) is 2. The predicted molar refractivity (Wildman–Crippen MR) is 55.7 cm³/mol. The molecule has 1 heterocycles. The highest BCUT2D eigenvalue weighted by Crippen LogP contribution is 2.20. The highest BCUT2D eigenvalue weighted by Gasteiger charge is 2.26. The van der Waals surface area contributed by atoms with E-state index in [-0.39, 0.29) is 11.2 Å². The molecule has 1 aromatic rings. The third-order valence-corrected chi connectivity index (χ3v) is 4.20. The summed E-state index contributed by atoms with van der Waals surface area (Å²) < 4.78 is 23.6. The van der Waals surface area contributed by atoms with Gasteiger partial charge in [0.1, 0.15) is 0 Å². The van der Waals surface area contributed by atoms with Crippen LogP contribution in [0, 0.1) is 5.41 Å². The van der Waals surface area contributed by atoms with E-state index in [1.807, 2.05) is 13.8 Å². The van der Waals surface area contributed by atoms with Gasteiger partial charge in [-0.05, 0) is 18.0 Å². The summed E-state index contributed by atoms with van der Waals surface area (Å²) in [4.78, 5) is 3.06. The van der Waals surface area contributed by atoms with Crippen molar-refractivity contribution in [1.29, 1.82) is 0 Å². The summed E-state index contributed by atoms with van der Waals surface area (Å²) in [5, 5.41) is 0. The molecule has 1 aromatic heterocycles. The standard InChI is InChI=1S/C9H16N2O2S/c1-9(2,6-10)7-14(12,13)8-3-4-11-5-8/h3-5,11H,6-7,10H2,1-2H3. The molecule has 1 rings (SSSR count). The Hall–Kier alpha value is -0.810. The number of hydrogen-bond acceptors (Lipinski definition) is 3. The van der Waals surface area contributed by atoms with Crippen molar-refractivity contribution in [1.82, 2.24) is 4.98 Å². The fourth-order valence-electron chi connectivity index (χ4n) is 1.16. The van der Waals surface area contributed by atoms with Crippen molar-refractivity contribution < 1.29 is 8.42 Å². The molecule has 0 aliphatic rings. The molecule has 0 fully saturated rings. The second-order valence-corrected chi connectivity index (χ2v) is 6.16. The van der Waals surface area contributed by atoms with Gasteiger partial charge in [-0.25, -0.2) is 8.42 Å². The molecule has 0 amide bonds. The van der Waals surface area contributed by atoms with Gasteiger partial charge in [0.15, 0.2) is 9.84 Å². The van der Waals surface area contributed by atoms with Gasteiger partial charge in [-0.3, -0.25) is 0 Å². The lowest BCUT2D eigenvalue weighted by Gasteiger charge is -2.21. The maximum atomic E-state index is 11.8. The zero-order chi connectivity index (χ0) is 10.8. The molecule has 0 saturated carbocycles. The summed E-state index contributed by atoms with van der Waals surface area (Å²) >= 11 is 0. The molecule has 0 bridgehead atoms. The van der Waals surface area contributed by atoms with Crippen LogP contribution in [0.2, 0.25) is 0 Å². The molecule has 0 aliphatic heterocycles. The van der Waals surface area contributed by atoms with Crippen molar-refractivity contribution in [2.45, 2.75) is 18.7 Å². The Balaban J connectivity index is 2.89. The van der Waals surface area contributed by atoms with E-state index in [1.54, 1.807) is 12.3 Å². The number of H-pyrrole nitrogens is 1. The quantitative estimate of drug-likeness (QED) is 0.780. The van der Waals surface area contributed by atoms with Crippen LogP contribution in [0.3, 0.4) is 0 Å². The van der Waals surface area contributed by atoms with E-state index in [0.29, 0.717) is 11.4 Å². The SMILES string of the molecule is CC(C)(CN)CS(=O)(=O)c1cc[nH]c1. The molecule has 0 unspecified atom stereocenters. The Bertz CT molecular complexity index is 379. The van der Waals surface area contributed by atoms with Gasteiger partial charge in [-0.1, -0.05) is 13.8 Å². The van der Waals surface area contributed by atoms with Gasteiger partial charge in [0, 0.05) is 12.4 Å². The van der Waals surface area contributed by atoms with E-state index in [1.165, 1.54) is 6.20 Å². The van der Waals surface area contributed by atoms with Crippen LogP contribution >= 0.6 is 0 Å². The van der Waals surface area contributed by atoms with Gasteiger partial charge >= 0.3 is 0 Å². The first-order valence-corrected chi connectivity index (χ1v) is 6.08. The van der Waals surface area contributed by atoms with Crippen molar-refractivity contribution >= 4 is 9.84 Å². The van der Waals surface area contributed by atoms with Crippen LogP contribution in [0.25, 0.3) is 0 Å². The van der Waals surface area contributed by atoms with Crippen LogP contribution in [0.15, 0.2) is 23.4 Å². The lowest BCUT2D eigenvalue weighted by Crippen LogP contribution is -2.31. The average molecular weight is 216 g/mol. The van der Waals surface area contributed by atoms with Crippen molar-refractivity contribution in [3.05, 3.63) is 18.5 Å². The molecule has 0 radical (unpaired) electrons. The molecule has 80 valence electrons. The van der Waals surface area contributed by atoms with Crippen LogP contribution in [0.5, 0.6) is 0 Å². The topological polar surface area (TPSA) is 76.0 Å². The highest BCUT2D eigenvalue weighted by atomic mass is 32.2. The first-order chi connectivity index (χ1) is 6.37. The third kappa shape index (κ3) is 2.59. The molecule has 0 saturated heterocycles. The lowest BCUT2D eigenvalue weighted by atomic mass is 9.97. The number of nitrogens with one attached hydrogen (secondary N) is 1. The third-order valence-electron chi connectivity index (χ3n) is 2.06. The molecular formula is C9H16N2O2S. The van der Waals surface area contributed by atoms with E-state index < -0.39 is 9.84 Å². The van der Waals surface area contributed by atoms with Crippen molar-refractivity contribution in [3.63, 3.8) is 0 Å². The fraction of sp³-hybridized carbons (Fsp3) is 0.556. The van der Waals surface area contributed by atoms with E-state index in [9.17, 15) is 8.42 Å². The van der Waals surface area contributed by atoms with Crippen LogP contribution in [-0.4, -0.2) is 25.7 Å². The Kier molecular flexibility index (Phi) is 3.01. The smallest absolute Gasteiger partial charge is 0.180 e. The van der Waals surface area contributed by atoms with Gasteiger partial charge in [-0.15, -0.1) is 0 Å². The summed E-state index contributed by atoms with van der Waals surface area (Å²) in [7, 11) is -3.20. The van der Waals surface area contributed by atoms with Crippen LogP contribution < -0.4 is 5.73 Å². The Morgan fingerprint density at radius 2 is 2.14 bits per heavy atom. The summed E-state index contributed by atoms with van der Waals surface area (Å²) in [6, 6.07) is 1.56. The Labute approximate surface area is 84.4 Å². The lowest BCUT2D eigenvalue weighted by molar-refractivity contribution is 0.425. The Morgan fingerprint density at radius 3 is 2.57 bits per heavy atom. The van der Waals surface area contributed by atoms with Crippen LogP contribution in [0.1, 0.15) is 13.8 Å².